The van der Waals surface area contributed by atoms with Crippen molar-refractivity contribution in [1.29, 1.82) is 0 Å². The standard InChI is InChI=1S/C29H41NO5S/c31-36-14-11-30(12-15-36)10-1-13-32-27-4-2-23(3-5-27)24-6-8-28(9-7-24)33-29(35-34-28)25-17-21-16-22(19-25)20-26(29)18-21/h2-5,21-22,24-26H,1,6-20H2. The molecule has 8 rings (SSSR count). The molecule has 5 aliphatic carbocycles. The second-order valence-electron chi connectivity index (χ2n) is 12.4. The largest absolute Gasteiger partial charge is 0.494 e. The lowest BCUT2D eigenvalue weighted by Crippen LogP contribution is -2.59. The summed E-state index contributed by atoms with van der Waals surface area (Å²) < 4.78 is 24.4. The molecule has 7 fully saturated rings. The maximum atomic E-state index is 11.5. The lowest BCUT2D eigenvalue weighted by molar-refractivity contribution is -0.390. The van der Waals surface area contributed by atoms with Crippen LogP contribution in [-0.4, -0.2) is 58.4 Å². The molecule has 36 heavy (non-hydrogen) atoms. The molecule has 2 heterocycles. The van der Waals surface area contributed by atoms with Crippen LogP contribution in [0.3, 0.4) is 0 Å². The number of benzene rings is 1. The third-order valence-electron chi connectivity index (χ3n) is 10.2. The fourth-order valence-electron chi connectivity index (χ4n) is 8.40. The van der Waals surface area contributed by atoms with Crippen molar-refractivity contribution in [3.05, 3.63) is 29.8 Å². The van der Waals surface area contributed by atoms with E-state index in [1.807, 2.05) is 0 Å². The molecule has 2 aliphatic heterocycles. The second-order valence-corrected chi connectivity index (χ2v) is 14.1. The SMILES string of the molecule is O=S1CCN(CCCOc2ccc(C3CCC4(CC3)OOC3(O4)C4CC5CC(C4)CC3C5)cc2)CC1. The Bertz CT molecular complexity index is 921. The fourth-order valence-corrected chi connectivity index (χ4v) is 9.53. The van der Waals surface area contributed by atoms with Crippen molar-refractivity contribution in [3.63, 3.8) is 0 Å². The van der Waals surface area contributed by atoms with Crippen molar-refractivity contribution >= 4 is 10.8 Å². The summed E-state index contributed by atoms with van der Waals surface area (Å²) >= 11 is 0. The van der Waals surface area contributed by atoms with Crippen LogP contribution in [0.4, 0.5) is 0 Å². The minimum Gasteiger partial charge on any atom is -0.494 e. The molecule has 0 unspecified atom stereocenters. The zero-order valence-electron chi connectivity index (χ0n) is 21.4. The van der Waals surface area contributed by atoms with Crippen LogP contribution >= 0.6 is 0 Å². The van der Waals surface area contributed by atoms with Crippen molar-refractivity contribution < 1.29 is 23.5 Å². The smallest absolute Gasteiger partial charge is 0.210 e. The van der Waals surface area contributed by atoms with Crippen molar-refractivity contribution in [2.45, 2.75) is 81.7 Å². The van der Waals surface area contributed by atoms with E-state index < -0.39 is 22.4 Å². The molecular weight excluding hydrogens is 474 g/mol. The van der Waals surface area contributed by atoms with Gasteiger partial charge in [0.05, 0.1) is 6.61 Å². The number of hydrogen-bond donors (Lipinski definition) is 0. The highest BCUT2D eigenvalue weighted by Gasteiger charge is 2.66. The van der Waals surface area contributed by atoms with Crippen LogP contribution in [-0.2, 0) is 25.3 Å². The highest BCUT2D eigenvalue weighted by atomic mass is 32.2. The Labute approximate surface area is 217 Å². The van der Waals surface area contributed by atoms with Gasteiger partial charge in [-0.3, -0.25) is 4.21 Å². The van der Waals surface area contributed by atoms with Crippen LogP contribution in [0.15, 0.2) is 24.3 Å². The summed E-state index contributed by atoms with van der Waals surface area (Å²) in [5.74, 6) is 5.00. The zero-order valence-corrected chi connectivity index (χ0v) is 22.2. The van der Waals surface area contributed by atoms with Gasteiger partial charge in [0.15, 0.2) is 0 Å². The van der Waals surface area contributed by atoms with E-state index in [0.717, 1.165) is 87.4 Å². The first-order chi connectivity index (χ1) is 17.6. The molecule has 6 nitrogen and oxygen atoms in total. The van der Waals surface area contributed by atoms with Crippen molar-refractivity contribution in [3.8, 4) is 5.75 Å². The molecule has 7 heteroatoms. The predicted molar refractivity (Wildman–Crippen MR) is 138 cm³/mol. The van der Waals surface area contributed by atoms with Gasteiger partial charge < -0.3 is 14.4 Å². The van der Waals surface area contributed by atoms with E-state index >= 15 is 0 Å². The molecule has 4 bridgehead atoms. The highest BCUT2D eigenvalue weighted by Crippen LogP contribution is 2.64. The third kappa shape index (κ3) is 4.47. The van der Waals surface area contributed by atoms with E-state index in [2.05, 4.69) is 29.2 Å². The van der Waals surface area contributed by atoms with Gasteiger partial charge >= 0.3 is 0 Å². The number of hydrogen-bond acceptors (Lipinski definition) is 6. The first-order valence-corrected chi connectivity index (χ1v) is 16.0. The topological polar surface area (TPSA) is 57.2 Å². The number of ether oxygens (including phenoxy) is 2. The van der Waals surface area contributed by atoms with Gasteiger partial charge in [-0.1, -0.05) is 12.1 Å². The van der Waals surface area contributed by atoms with E-state index in [1.165, 1.54) is 37.7 Å². The molecule has 5 saturated carbocycles. The minimum absolute atomic E-state index is 0.452. The van der Waals surface area contributed by atoms with Crippen LogP contribution in [0.5, 0.6) is 5.75 Å². The third-order valence-corrected chi connectivity index (χ3v) is 11.5. The quantitative estimate of drug-likeness (QED) is 0.392. The van der Waals surface area contributed by atoms with Gasteiger partial charge in [-0.15, -0.1) is 0 Å². The van der Waals surface area contributed by atoms with E-state index in [9.17, 15) is 4.21 Å². The molecule has 0 atom stereocenters. The van der Waals surface area contributed by atoms with Crippen molar-refractivity contribution in [2.24, 2.45) is 23.7 Å². The molecular formula is C29H41NO5S. The molecule has 7 aliphatic rings. The van der Waals surface area contributed by atoms with Gasteiger partial charge in [0, 0.05) is 66.6 Å². The Hall–Kier alpha value is -0.990. The van der Waals surface area contributed by atoms with Gasteiger partial charge in [-0.2, -0.15) is 9.78 Å². The Morgan fingerprint density at radius 3 is 2.25 bits per heavy atom. The first-order valence-electron chi connectivity index (χ1n) is 14.5. The normalized spacial score (nSPS) is 42.5. The Kier molecular flexibility index (Phi) is 6.45. The number of rotatable bonds is 6. The summed E-state index contributed by atoms with van der Waals surface area (Å²) in [4.78, 5) is 14.7. The Morgan fingerprint density at radius 1 is 0.917 bits per heavy atom. The van der Waals surface area contributed by atoms with E-state index in [0.29, 0.717) is 17.8 Å². The molecule has 2 saturated heterocycles. The number of nitrogens with zero attached hydrogens (tertiary/aromatic N) is 1. The molecule has 0 radical (unpaired) electrons. The molecule has 198 valence electrons. The van der Waals surface area contributed by atoms with Gasteiger partial charge in [-0.05, 0) is 86.8 Å². The van der Waals surface area contributed by atoms with E-state index in [4.69, 9.17) is 19.2 Å². The summed E-state index contributed by atoms with van der Waals surface area (Å²) in [6, 6.07) is 8.73. The lowest BCUT2D eigenvalue weighted by Gasteiger charge is -2.57. The maximum Gasteiger partial charge on any atom is 0.210 e. The molecule has 1 aromatic rings. The fraction of sp³-hybridized carbons (Fsp3) is 0.793. The molecule has 0 aromatic heterocycles. The van der Waals surface area contributed by atoms with E-state index in [-0.39, 0.29) is 0 Å². The minimum atomic E-state index is -0.602. The molecule has 1 aromatic carbocycles. The van der Waals surface area contributed by atoms with E-state index in [1.54, 1.807) is 0 Å². The van der Waals surface area contributed by atoms with Gasteiger partial charge in [-0.25, -0.2) is 0 Å². The highest BCUT2D eigenvalue weighted by molar-refractivity contribution is 7.85. The average molecular weight is 516 g/mol. The predicted octanol–water partition coefficient (Wildman–Crippen LogP) is 5.00. The zero-order chi connectivity index (χ0) is 24.2. The van der Waals surface area contributed by atoms with Gasteiger partial charge in [0.1, 0.15) is 5.75 Å². The summed E-state index contributed by atoms with van der Waals surface area (Å²) in [6.45, 7) is 3.66. The van der Waals surface area contributed by atoms with Crippen molar-refractivity contribution in [2.75, 3.05) is 37.7 Å². The van der Waals surface area contributed by atoms with Gasteiger partial charge in [0.2, 0.25) is 11.6 Å². The molecule has 0 N–H and O–H groups in total. The lowest BCUT2D eigenvalue weighted by atomic mass is 9.53. The van der Waals surface area contributed by atoms with Crippen LogP contribution < -0.4 is 4.74 Å². The van der Waals surface area contributed by atoms with Crippen LogP contribution in [0.2, 0.25) is 0 Å². The monoisotopic (exact) mass is 515 g/mol. The average Bonchev–Trinajstić information content (AvgIpc) is 3.26. The molecule has 0 amide bonds. The van der Waals surface area contributed by atoms with Gasteiger partial charge in [0.25, 0.3) is 0 Å². The summed E-state index contributed by atoms with van der Waals surface area (Å²) in [5.41, 5.74) is 1.39. The second kappa shape index (κ2) is 9.64. The summed E-state index contributed by atoms with van der Waals surface area (Å²) in [6.07, 6.45) is 11.5. The van der Waals surface area contributed by atoms with Crippen LogP contribution in [0.1, 0.15) is 75.7 Å². The summed E-state index contributed by atoms with van der Waals surface area (Å²) in [7, 11) is -0.602. The molecule has 2 spiro atoms. The van der Waals surface area contributed by atoms with Crippen LogP contribution in [0.25, 0.3) is 0 Å². The summed E-state index contributed by atoms with van der Waals surface area (Å²) in [5, 5.41) is 0. The Morgan fingerprint density at radius 2 is 1.58 bits per heavy atom. The van der Waals surface area contributed by atoms with Crippen LogP contribution in [0, 0.1) is 23.7 Å². The Balaban J connectivity index is 0.889. The van der Waals surface area contributed by atoms with Crippen molar-refractivity contribution in [1.82, 2.24) is 4.90 Å². The first kappa shape index (κ1) is 24.1. The maximum absolute atomic E-state index is 11.5.